The standard InChI is InChI=1S/C52H58N2O24/c1-9-19-66-21-34-41(77-51-37(53-46(61)30-15-11-12-16-31(30)47(53)62)42(72-28(7)59)39(70-26(5)57)35(75-51)22-68-24(3)55)44(45(50(65)74-34)67-20-10-2)78-52-38(54-48(63)32-17-13-14-18-33(32)49(54)64)43(73-29(8)60)40(71-27(6)58)36(76-52)23-69-25(4)56/h9-18,34-45,50-52,65H,1-2,19-23H2,3-8H3/t34-,35-,36-,37-,38-,39-,40-,41+,42-,43-,44+,45-,50-,51+,52+/m1/s1. The number of hydrogen-bond donors (Lipinski definition) is 1. The summed E-state index contributed by atoms with van der Waals surface area (Å²) < 4.78 is 78.5. The first-order valence-corrected chi connectivity index (χ1v) is 24.4. The Morgan fingerprint density at radius 3 is 1.21 bits per heavy atom. The lowest BCUT2D eigenvalue weighted by Crippen LogP contribution is -2.71. The normalized spacial score (nSPS) is 30.4. The van der Waals surface area contributed by atoms with Crippen molar-refractivity contribution in [3.8, 4) is 0 Å². The van der Waals surface area contributed by atoms with Gasteiger partial charge in [0.05, 0.1) is 42.1 Å². The number of benzene rings is 2. The van der Waals surface area contributed by atoms with Crippen molar-refractivity contribution in [3.05, 3.63) is 96.1 Å². The molecule has 0 unspecified atom stereocenters. The van der Waals surface area contributed by atoms with Crippen molar-refractivity contribution in [3.63, 3.8) is 0 Å². The highest BCUT2D eigenvalue weighted by atomic mass is 16.8. The zero-order chi connectivity index (χ0) is 56.7. The van der Waals surface area contributed by atoms with Gasteiger partial charge < -0.3 is 66.7 Å². The summed E-state index contributed by atoms with van der Waals surface area (Å²) in [7, 11) is 0. The molecule has 4 amide bonds. The zero-order valence-electron chi connectivity index (χ0n) is 43.1. The lowest BCUT2D eigenvalue weighted by Gasteiger charge is -2.52. The molecule has 0 aliphatic carbocycles. The molecule has 0 saturated carbocycles. The van der Waals surface area contributed by atoms with Crippen LogP contribution in [0.2, 0.25) is 0 Å². The Bertz CT molecular complexity index is 2610. The number of hydrogen-bond acceptors (Lipinski definition) is 24. The number of carbonyl (C=O) groups excluding carboxylic acids is 10. The first kappa shape index (κ1) is 58.4. The second-order valence-electron chi connectivity index (χ2n) is 18.2. The van der Waals surface area contributed by atoms with E-state index in [-0.39, 0.29) is 35.5 Å². The van der Waals surface area contributed by atoms with Gasteiger partial charge in [-0.25, -0.2) is 0 Å². The number of imide groups is 2. The van der Waals surface area contributed by atoms with E-state index in [2.05, 4.69) is 13.2 Å². The molecule has 420 valence electrons. The molecule has 0 radical (unpaired) electrons. The summed E-state index contributed by atoms with van der Waals surface area (Å²) in [6, 6.07) is 7.50. The molecule has 0 bridgehead atoms. The molecule has 7 rings (SSSR count). The van der Waals surface area contributed by atoms with E-state index < -0.39 is 171 Å². The van der Waals surface area contributed by atoms with Crippen LogP contribution in [0.5, 0.6) is 0 Å². The maximum absolute atomic E-state index is 14.6. The van der Waals surface area contributed by atoms with Crippen molar-refractivity contribution in [2.75, 3.05) is 33.0 Å². The van der Waals surface area contributed by atoms with Gasteiger partial charge in [-0.2, -0.15) is 0 Å². The third-order valence-electron chi connectivity index (χ3n) is 12.7. The Balaban J connectivity index is 1.44. The van der Waals surface area contributed by atoms with Crippen LogP contribution in [0.1, 0.15) is 83.0 Å². The molecule has 5 aliphatic rings. The van der Waals surface area contributed by atoms with E-state index in [9.17, 15) is 53.1 Å². The monoisotopic (exact) mass is 1090 g/mol. The molecule has 26 nitrogen and oxygen atoms in total. The van der Waals surface area contributed by atoms with Gasteiger partial charge in [-0.15, -0.1) is 13.2 Å². The van der Waals surface area contributed by atoms with Crippen molar-refractivity contribution in [1.82, 2.24) is 9.80 Å². The molecule has 3 fully saturated rings. The van der Waals surface area contributed by atoms with Crippen LogP contribution in [0.3, 0.4) is 0 Å². The van der Waals surface area contributed by atoms with E-state index in [1.807, 2.05) is 0 Å². The lowest BCUT2D eigenvalue weighted by molar-refractivity contribution is -0.377. The van der Waals surface area contributed by atoms with Gasteiger partial charge in [-0.05, 0) is 24.3 Å². The van der Waals surface area contributed by atoms with Crippen LogP contribution in [-0.2, 0) is 90.3 Å². The number of aliphatic hydroxyl groups is 1. The van der Waals surface area contributed by atoms with Crippen LogP contribution in [0.15, 0.2) is 73.8 Å². The first-order valence-electron chi connectivity index (χ1n) is 24.4. The van der Waals surface area contributed by atoms with Crippen LogP contribution in [0, 0.1) is 0 Å². The third kappa shape index (κ3) is 12.7. The van der Waals surface area contributed by atoms with E-state index in [4.69, 9.17) is 61.6 Å². The molecule has 26 heteroatoms. The quantitative estimate of drug-likeness (QED) is 0.0596. The number of rotatable bonds is 21. The summed E-state index contributed by atoms with van der Waals surface area (Å²) in [6.07, 6.45) is -21.1. The highest BCUT2D eigenvalue weighted by Gasteiger charge is 2.62. The zero-order valence-corrected chi connectivity index (χ0v) is 43.1. The highest BCUT2D eigenvalue weighted by Crippen LogP contribution is 2.41. The number of carbonyl (C=O) groups is 10. The summed E-state index contributed by atoms with van der Waals surface area (Å²) in [4.78, 5) is 136. The van der Waals surface area contributed by atoms with Gasteiger partial charge in [-0.3, -0.25) is 57.7 Å². The smallest absolute Gasteiger partial charge is 0.303 e. The minimum absolute atomic E-state index is 0.0980. The summed E-state index contributed by atoms with van der Waals surface area (Å²) in [6.45, 7) is 11.0. The lowest BCUT2D eigenvalue weighted by atomic mass is 9.93. The highest BCUT2D eigenvalue weighted by molar-refractivity contribution is 6.22. The first-order chi connectivity index (χ1) is 37.2. The maximum Gasteiger partial charge on any atom is 0.303 e. The molecule has 3 saturated heterocycles. The average molecular weight is 1100 g/mol. The number of nitrogens with zero attached hydrogens (tertiary/aromatic N) is 2. The Kier molecular flexibility index (Phi) is 19.0. The Morgan fingerprint density at radius 2 is 0.846 bits per heavy atom. The Hall–Kier alpha value is -7.30. The molecule has 0 aromatic heterocycles. The molecular weight excluding hydrogens is 1040 g/mol. The van der Waals surface area contributed by atoms with Crippen LogP contribution < -0.4 is 0 Å². The fourth-order valence-electron chi connectivity index (χ4n) is 9.78. The summed E-state index contributed by atoms with van der Waals surface area (Å²) in [5.41, 5.74) is -0.401. The van der Waals surface area contributed by atoms with E-state index in [0.29, 0.717) is 9.80 Å². The summed E-state index contributed by atoms with van der Waals surface area (Å²) >= 11 is 0. The fourth-order valence-corrected chi connectivity index (χ4v) is 9.78. The Labute approximate surface area is 445 Å². The number of aliphatic hydroxyl groups excluding tert-OH is 1. The van der Waals surface area contributed by atoms with Crippen molar-refractivity contribution in [2.24, 2.45) is 0 Å². The summed E-state index contributed by atoms with van der Waals surface area (Å²) in [5, 5.41) is 11.9. The largest absolute Gasteiger partial charge is 0.463 e. The van der Waals surface area contributed by atoms with Gasteiger partial charge >= 0.3 is 35.8 Å². The molecule has 0 spiro atoms. The minimum Gasteiger partial charge on any atom is -0.463 e. The summed E-state index contributed by atoms with van der Waals surface area (Å²) in [5.74, 6) is -9.48. The molecule has 2 aromatic carbocycles. The molecule has 5 aliphatic heterocycles. The van der Waals surface area contributed by atoms with Crippen molar-refractivity contribution in [2.45, 2.75) is 134 Å². The van der Waals surface area contributed by atoms with Crippen molar-refractivity contribution < 1.29 is 115 Å². The second-order valence-corrected chi connectivity index (χ2v) is 18.2. The van der Waals surface area contributed by atoms with Crippen LogP contribution in [0.4, 0.5) is 0 Å². The second kappa shape index (κ2) is 25.4. The van der Waals surface area contributed by atoms with Gasteiger partial charge in [0.25, 0.3) is 23.6 Å². The molecule has 1 N–H and O–H groups in total. The molecule has 2 aromatic rings. The van der Waals surface area contributed by atoms with Crippen molar-refractivity contribution in [1.29, 1.82) is 0 Å². The van der Waals surface area contributed by atoms with Gasteiger partial charge in [0, 0.05) is 41.5 Å². The molecule has 78 heavy (non-hydrogen) atoms. The fraction of sp³-hybridized carbons (Fsp3) is 0.500. The van der Waals surface area contributed by atoms with E-state index in [1.165, 1.54) is 60.7 Å². The van der Waals surface area contributed by atoms with E-state index in [0.717, 1.165) is 41.5 Å². The number of fused-ring (bicyclic) bond motifs is 2. The van der Waals surface area contributed by atoms with Crippen LogP contribution in [-0.4, -0.2) is 199 Å². The van der Waals surface area contributed by atoms with Crippen LogP contribution in [0.25, 0.3) is 0 Å². The van der Waals surface area contributed by atoms with E-state index in [1.54, 1.807) is 0 Å². The number of ether oxygens (including phenoxy) is 13. The van der Waals surface area contributed by atoms with Crippen LogP contribution >= 0.6 is 0 Å². The predicted octanol–water partition coefficient (Wildman–Crippen LogP) is 0.880. The van der Waals surface area contributed by atoms with Gasteiger partial charge in [-0.1, -0.05) is 36.4 Å². The average Bonchev–Trinajstić information content (AvgIpc) is 4.02. The predicted molar refractivity (Wildman–Crippen MR) is 256 cm³/mol. The Morgan fingerprint density at radius 1 is 0.487 bits per heavy atom. The molecular formula is C52H58N2O24. The van der Waals surface area contributed by atoms with Gasteiger partial charge in [0.15, 0.2) is 43.3 Å². The van der Waals surface area contributed by atoms with E-state index >= 15 is 0 Å². The number of amides is 4. The van der Waals surface area contributed by atoms with Crippen molar-refractivity contribution >= 4 is 59.4 Å². The minimum atomic E-state index is -2.10. The SMILES string of the molecule is C=CCOC[C@H]1O[C@@H](O)[C@H](OCC=C)[C@@H](O[C@@H]2O[C@H](COC(C)=O)[C@@H](OC(C)=O)[C@H](OC(C)=O)[C@H]2N2C(=O)c3ccccc3C2=O)[C@H]1O[C@@H]1O[C@H](COC(C)=O)[C@@H](OC(C)=O)[C@H](OC(C)=O)[C@H]1N1C(=O)c2ccccc2C1=O. The molecule has 15 atom stereocenters. The molecule has 5 heterocycles. The van der Waals surface area contributed by atoms with Gasteiger partial charge in [0.2, 0.25) is 0 Å². The maximum atomic E-state index is 14.6. The topological polar surface area (TPSA) is 317 Å². The third-order valence-corrected chi connectivity index (χ3v) is 12.7. The van der Waals surface area contributed by atoms with Gasteiger partial charge in [0.1, 0.15) is 61.9 Å². The number of esters is 6.